The largest absolute Gasteiger partial charge is 0.487 e. The number of piperazine rings is 1. The maximum absolute atomic E-state index is 14.9. The van der Waals surface area contributed by atoms with E-state index in [1.807, 2.05) is 43.3 Å². The van der Waals surface area contributed by atoms with Crippen molar-refractivity contribution in [2.45, 2.75) is 20.1 Å². The van der Waals surface area contributed by atoms with Crippen LogP contribution in [0.1, 0.15) is 32.6 Å². The van der Waals surface area contributed by atoms with E-state index >= 15 is 0 Å². The van der Waals surface area contributed by atoms with Crippen LogP contribution < -0.4 is 14.2 Å². The number of nitrogens with zero attached hydrogens (tertiary/aromatic N) is 3. The van der Waals surface area contributed by atoms with Crippen molar-refractivity contribution in [1.29, 1.82) is 0 Å². The van der Waals surface area contributed by atoms with Crippen LogP contribution in [-0.4, -0.2) is 59.3 Å². The number of aromatic nitrogens is 1. The fourth-order valence-corrected chi connectivity index (χ4v) is 5.45. The Morgan fingerprint density at radius 2 is 1.48 bits per heavy atom. The van der Waals surface area contributed by atoms with E-state index in [4.69, 9.17) is 14.2 Å². The first kappa shape index (κ1) is 35.9. The van der Waals surface area contributed by atoms with Crippen molar-refractivity contribution < 1.29 is 37.0 Å². The van der Waals surface area contributed by atoms with Gasteiger partial charge in [-0.3, -0.25) is 14.5 Å². The molecule has 11 heteroatoms. The van der Waals surface area contributed by atoms with Gasteiger partial charge in [-0.1, -0.05) is 54.1 Å². The van der Waals surface area contributed by atoms with E-state index in [0.717, 1.165) is 29.8 Å². The summed E-state index contributed by atoms with van der Waals surface area (Å²) in [7, 11) is 0. The Bertz CT molecular complexity index is 2030. The number of aryl methyl sites for hydroxylation is 1. The quantitative estimate of drug-likeness (QED) is 0.0913. The van der Waals surface area contributed by atoms with Gasteiger partial charge in [-0.2, -0.15) is 0 Å². The molecule has 1 aliphatic rings. The number of ether oxygens (including phenoxy) is 3. The highest BCUT2D eigenvalue weighted by Crippen LogP contribution is 2.26. The van der Waals surface area contributed by atoms with Crippen LogP contribution in [0.3, 0.4) is 0 Å². The molecule has 0 bridgehead atoms. The molecule has 0 atom stereocenters. The molecule has 0 spiro atoms. The molecule has 1 aromatic heterocycles. The Balaban J connectivity index is 0.918. The van der Waals surface area contributed by atoms with Crippen LogP contribution >= 0.6 is 0 Å². The molecular weight excluding hydrogens is 671 g/mol. The molecule has 0 aliphatic carbocycles. The Kier molecular flexibility index (Phi) is 11.6. The van der Waals surface area contributed by atoms with Crippen molar-refractivity contribution in [2.75, 3.05) is 32.8 Å². The predicted octanol–water partition coefficient (Wildman–Crippen LogP) is 7.80. The number of benzene rings is 4. The number of hydrogen-bond donors (Lipinski definition) is 0. The van der Waals surface area contributed by atoms with Crippen LogP contribution in [0.15, 0.2) is 109 Å². The van der Waals surface area contributed by atoms with E-state index in [-0.39, 0.29) is 36.5 Å². The Morgan fingerprint density at radius 3 is 2.17 bits per heavy atom. The maximum Gasteiger partial charge on any atom is 0.246 e. The highest BCUT2D eigenvalue weighted by atomic mass is 19.2. The third kappa shape index (κ3) is 9.85. The third-order valence-corrected chi connectivity index (χ3v) is 8.44. The van der Waals surface area contributed by atoms with Crippen molar-refractivity contribution in [3.05, 3.63) is 155 Å². The Hall–Kier alpha value is -5.94. The van der Waals surface area contributed by atoms with E-state index in [0.29, 0.717) is 54.4 Å². The van der Waals surface area contributed by atoms with Gasteiger partial charge in [0.25, 0.3) is 0 Å². The average Bonchev–Trinajstić information content (AvgIpc) is 3.16. The molecule has 6 rings (SSSR count). The molecular formula is C41H36F3N3O5. The van der Waals surface area contributed by atoms with Gasteiger partial charge in [0, 0.05) is 50.4 Å². The molecule has 8 nitrogen and oxygen atoms in total. The van der Waals surface area contributed by atoms with E-state index in [2.05, 4.69) is 9.88 Å². The van der Waals surface area contributed by atoms with Crippen LogP contribution in [-0.2, 0) is 17.9 Å². The van der Waals surface area contributed by atoms with Gasteiger partial charge in [-0.15, -0.1) is 0 Å². The first-order valence-electron chi connectivity index (χ1n) is 16.7. The van der Waals surface area contributed by atoms with Crippen LogP contribution in [0.2, 0.25) is 0 Å². The van der Waals surface area contributed by atoms with Crippen molar-refractivity contribution >= 4 is 17.8 Å². The number of hydrogen-bond acceptors (Lipinski definition) is 7. The second kappa shape index (κ2) is 16.8. The summed E-state index contributed by atoms with van der Waals surface area (Å²) in [5.41, 5.74) is 3.77. The summed E-state index contributed by atoms with van der Waals surface area (Å²) in [6.07, 6.45) is 4.38. The highest BCUT2D eigenvalue weighted by Gasteiger charge is 2.20. The molecule has 0 saturated carbocycles. The standard InChI is InChI=1S/C41H36F3N3O5/c1-28-2-9-32(10-3-28)38(48)27-51-33-11-4-30(5-12-33)25-46-18-20-47(21-19-46)41(49)17-8-29-7-15-39(37(44)22-29)52-40-16-13-34(24-45-40)50-26-31-6-14-35(42)36(43)23-31/h2-17,22-24H,18-21,25-27H2,1H3. The summed E-state index contributed by atoms with van der Waals surface area (Å²) in [6.45, 7) is 5.22. The van der Waals surface area contributed by atoms with Crippen LogP contribution in [0.5, 0.6) is 23.1 Å². The second-order valence-corrected chi connectivity index (χ2v) is 12.3. The number of ketones is 1. The molecule has 1 amide bonds. The number of amides is 1. The van der Waals surface area contributed by atoms with Crippen LogP contribution in [0.4, 0.5) is 13.2 Å². The van der Waals surface area contributed by atoms with Gasteiger partial charge in [0.1, 0.15) is 18.1 Å². The average molecular weight is 708 g/mol. The molecule has 0 radical (unpaired) electrons. The van der Waals surface area contributed by atoms with Crippen molar-refractivity contribution in [3.8, 4) is 23.1 Å². The summed E-state index contributed by atoms with van der Waals surface area (Å²) in [4.78, 5) is 33.4. The maximum atomic E-state index is 14.9. The number of rotatable bonds is 13. The topological polar surface area (TPSA) is 81.2 Å². The third-order valence-electron chi connectivity index (χ3n) is 8.44. The zero-order chi connectivity index (χ0) is 36.5. The number of Topliss-reactive ketones (excluding diaryl/α,β-unsaturated/α-hetero) is 1. The van der Waals surface area contributed by atoms with Crippen molar-refractivity contribution in [3.63, 3.8) is 0 Å². The van der Waals surface area contributed by atoms with Crippen molar-refractivity contribution in [1.82, 2.24) is 14.8 Å². The van der Waals surface area contributed by atoms with E-state index in [9.17, 15) is 22.8 Å². The van der Waals surface area contributed by atoms with Gasteiger partial charge in [0.2, 0.25) is 11.8 Å². The monoisotopic (exact) mass is 707 g/mol. The molecule has 0 N–H and O–H groups in total. The van der Waals surface area contributed by atoms with Crippen LogP contribution in [0.25, 0.3) is 6.08 Å². The fraction of sp³-hybridized carbons (Fsp3) is 0.195. The second-order valence-electron chi connectivity index (χ2n) is 12.3. The lowest BCUT2D eigenvalue weighted by Crippen LogP contribution is -2.47. The smallest absolute Gasteiger partial charge is 0.246 e. The molecule has 1 saturated heterocycles. The molecule has 0 unspecified atom stereocenters. The minimum Gasteiger partial charge on any atom is -0.487 e. The molecule has 4 aromatic carbocycles. The Labute approximate surface area is 299 Å². The molecule has 1 aliphatic heterocycles. The molecule has 5 aromatic rings. The summed E-state index contributed by atoms with van der Waals surface area (Å²) in [5, 5.41) is 0. The number of pyridine rings is 1. The first-order chi connectivity index (χ1) is 25.2. The van der Waals surface area contributed by atoms with Gasteiger partial charge in [-0.05, 0) is 72.2 Å². The molecule has 1 fully saturated rings. The SMILES string of the molecule is Cc1ccc(C(=O)COc2ccc(CN3CCN(C(=O)C=Cc4ccc(Oc5ccc(OCc6ccc(F)c(F)c6)cn5)c(F)c4)CC3)cc2)cc1. The zero-order valence-corrected chi connectivity index (χ0v) is 28.4. The normalized spacial score (nSPS) is 13.3. The zero-order valence-electron chi connectivity index (χ0n) is 28.4. The van der Waals surface area contributed by atoms with Crippen molar-refractivity contribution in [2.24, 2.45) is 0 Å². The highest BCUT2D eigenvalue weighted by molar-refractivity contribution is 5.97. The summed E-state index contributed by atoms with van der Waals surface area (Å²) >= 11 is 0. The number of carbonyl (C=O) groups is 2. The summed E-state index contributed by atoms with van der Waals surface area (Å²) in [5.74, 6) is -1.67. The molecule has 52 heavy (non-hydrogen) atoms. The van der Waals surface area contributed by atoms with E-state index in [1.165, 1.54) is 36.5 Å². The van der Waals surface area contributed by atoms with E-state index < -0.39 is 17.5 Å². The molecule has 2 heterocycles. The van der Waals surface area contributed by atoms with Crippen LogP contribution in [0, 0.1) is 24.4 Å². The van der Waals surface area contributed by atoms with Gasteiger partial charge in [-0.25, -0.2) is 18.2 Å². The van der Waals surface area contributed by atoms with Gasteiger partial charge >= 0.3 is 0 Å². The summed E-state index contributed by atoms with van der Waals surface area (Å²) in [6, 6.07) is 26.0. The lowest BCUT2D eigenvalue weighted by Gasteiger charge is -2.34. The Morgan fingerprint density at radius 1 is 0.750 bits per heavy atom. The number of carbonyl (C=O) groups excluding carboxylic acids is 2. The van der Waals surface area contributed by atoms with Gasteiger partial charge in [0.15, 0.2) is 35.6 Å². The fourth-order valence-electron chi connectivity index (χ4n) is 5.45. The molecule has 266 valence electrons. The number of halogens is 3. The van der Waals surface area contributed by atoms with E-state index in [1.54, 1.807) is 35.2 Å². The minimum absolute atomic E-state index is 0.00944. The van der Waals surface area contributed by atoms with Gasteiger partial charge < -0.3 is 19.1 Å². The summed E-state index contributed by atoms with van der Waals surface area (Å²) < 4.78 is 58.2. The lowest BCUT2D eigenvalue weighted by atomic mass is 10.1. The van der Waals surface area contributed by atoms with Gasteiger partial charge in [0.05, 0.1) is 6.20 Å². The predicted molar refractivity (Wildman–Crippen MR) is 190 cm³/mol. The lowest BCUT2D eigenvalue weighted by molar-refractivity contribution is -0.127. The first-order valence-corrected chi connectivity index (χ1v) is 16.7. The minimum atomic E-state index is -0.957.